The molecule has 3 heterocycles. The molecule has 12 heteroatoms. The highest BCUT2D eigenvalue weighted by Crippen LogP contribution is 2.45. The van der Waals surface area contributed by atoms with Crippen LogP contribution in [0, 0.1) is 5.92 Å². The minimum atomic E-state index is -4.51. The lowest BCUT2D eigenvalue weighted by Gasteiger charge is -2.29. The van der Waals surface area contributed by atoms with Gasteiger partial charge in [-0.2, -0.15) is 18.2 Å². The van der Waals surface area contributed by atoms with E-state index in [0.717, 1.165) is 5.56 Å². The molecule has 0 bridgehead atoms. The Kier molecular flexibility index (Phi) is 7.58. The predicted molar refractivity (Wildman–Crippen MR) is 129 cm³/mol. The number of hydrogen-bond acceptors (Lipinski definition) is 7. The maximum atomic E-state index is 13.8. The summed E-state index contributed by atoms with van der Waals surface area (Å²) in [6.45, 7) is 4.76. The van der Waals surface area contributed by atoms with Crippen molar-refractivity contribution >= 4 is 23.5 Å². The maximum absolute atomic E-state index is 13.8. The molecule has 2 aliphatic rings. The standard InChI is InChI=1S/C25H30F3N5O4/c1-14(2)23(34)30-20-11-16(7-8-29-20)15(3)33-19-12-18(19)32(9-10-36-4)22-17(24(33)35)5-6-21(31-22)37-13-25(26,27)28/h5-8,11,14-15,18-19H,9-10,12-13H2,1-4H3,(H,29,30,34). The van der Waals surface area contributed by atoms with Crippen LogP contribution in [-0.4, -0.2) is 71.8 Å². The Bertz CT molecular complexity index is 1160. The highest BCUT2D eigenvalue weighted by Gasteiger charge is 2.53. The van der Waals surface area contributed by atoms with Crippen molar-refractivity contribution in [1.29, 1.82) is 0 Å². The Hall–Kier alpha value is -3.41. The van der Waals surface area contributed by atoms with Gasteiger partial charge in [-0.3, -0.25) is 9.59 Å². The molecule has 200 valence electrons. The molecule has 2 aromatic heterocycles. The van der Waals surface area contributed by atoms with E-state index in [2.05, 4.69) is 15.3 Å². The zero-order valence-electron chi connectivity index (χ0n) is 21.1. The maximum Gasteiger partial charge on any atom is 0.422 e. The molecule has 1 saturated carbocycles. The highest BCUT2D eigenvalue weighted by atomic mass is 19.4. The number of aromatic nitrogens is 2. The average molecular weight is 522 g/mol. The molecule has 0 radical (unpaired) electrons. The quantitative estimate of drug-likeness (QED) is 0.536. The van der Waals surface area contributed by atoms with Gasteiger partial charge in [-0.1, -0.05) is 13.8 Å². The largest absolute Gasteiger partial charge is 0.468 e. The number of halogens is 3. The SMILES string of the molecule is COCCN1c2nc(OCC(F)(F)F)ccc2C(=O)N(C(C)c2ccnc(NC(=O)C(C)C)c2)C2CC21. The van der Waals surface area contributed by atoms with Gasteiger partial charge in [-0.05, 0) is 37.1 Å². The Morgan fingerprint density at radius 2 is 1.97 bits per heavy atom. The van der Waals surface area contributed by atoms with Gasteiger partial charge in [0.25, 0.3) is 5.91 Å². The molecule has 3 atom stereocenters. The zero-order chi connectivity index (χ0) is 26.9. The first kappa shape index (κ1) is 26.6. The van der Waals surface area contributed by atoms with Crippen LogP contribution in [0.4, 0.5) is 24.8 Å². The number of nitrogens with zero attached hydrogens (tertiary/aromatic N) is 4. The van der Waals surface area contributed by atoms with Crippen LogP contribution in [0.2, 0.25) is 0 Å². The van der Waals surface area contributed by atoms with E-state index in [-0.39, 0.29) is 53.1 Å². The summed E-state index contributed by atoms with van der Waals surface area (Å²) in [7, 11) is 1.55. The molecular weight excluding hydrogens is 491 g/mol. The smallest absolute Gasteiger partial charge is 0.422 e. The third kappa shape index (κ3) is 5.95. The molecule has 4 rings (SSSR count). The number of ether oxygens (including phenoxy) is 2. The molecule has 1 aliphatic carbocycles. The van der Waals surface area contributed by atoms with Crippen molar-refractivity contribution in [3.8, 4) is 5.88 Å². The van der Waals surface area contributed by atoms with Gasteiger partial charge in [0.1, 0.15) is 11.6 Å². The first-order valence-corrected chi connectivity index (χ1v) is 12.1. The van der Waals surface area contributed by atoms with Crippen LogP contribution in [-0.2, 0) is 9.53 Å². The fourth-order valence-corrected chi connectivity index (χ4v) is 4.43. The van der Waals surface area contributed by atoms with Gasteiger partial charge >= 0.3 is 6.18 Å². The van der Waals surface area contributed by atoms with Crippen LogP contribution < -0.4 is 15.0 Å². The normalized spacial score (nSPS) is 19.7. The second kappa shape index (κ2) is 10.5. The molecule has 0 spiro atoms. The second-order valence-electron chi connectivity index (χ2n) is 9.49. The number of carbonyl (C=O) groups excluding carboxylic acids is 2. The van der Waals surface area contributed by atoms with Gasteiger partial charge in [0, 0.05) is 31.8 Å². The van der Waals surface area contributed by atoms with E-state index >= 15 is 0 Å². The van der Waals surface area contributed by atoms with Crippen molar-refractivity contribution in [2.75, 3.05) is 37.1 Å². The van der Waals surface area contributed by atoms with Crippen molar-refractivity contribution < 1.29 is 32.2 Å². The number of alkyl halides is 3. The third-order valence-corrected chi connectivity index (χ3v) is 6.45. The summed E-state index contributed by atoms with van der Waals surface area (Å²) < 4.78 is 48.2. The molecule has 1 N–H and O–H groups in total. The van der Waals surface area contributed by atoms with Crippen LogP contribution >= 0.6 is 0 Å². The van der Waals surface area contributed by atoms with Crippen LogP contribution in [0.5, 0.6) is 5.88 Å². The van der Waals surface area contributed by atoms with E-state index in [1.54, 1.807) is 44.2 Å². The minimum absolute atomic E-state index is 0.0740. The van der Waals surface area contributed by atoms with Crippen LogP contribution in [0.1, 0.15) is 49.2 Å². The molecule has 0 saturated heterocycles. The van der Waals surface area contributed by atoms with Crippen molar-refractivity contribution in [2.24, 2.45) is 5.92 Å². The summed E-state index contributed by atoms with van der Waals surface area (Å²) in [5, 5.41) is 2.78. The van der Waals surface area contributed by atoms with Crippen LogP contribution in [0.25, 0.3) is 0 Å². The van der Waals surface area contributed by atoms with Crippen molar-refractivity contribution in [2.45, 2.75) is 51.5 Å². The molecule has 2 amide bonds. The van der Waals surface area contributed by atoms with Gasteiger partial charge in [-0.25, -0.2) is 4.98 Å². The topological polar surface area (TPSA) is 96.9 Å². The number of amides is 2. The molecule has 2 aromatic rings. The Morgan fingerprint density at radius 3 is 2.65 bits per heavy atom. The Balaban J connectivity index is 1.65. The fraction of sp³-hybridized carbons (Fsp3) is 0.520. The van der Waals surface area contributed by atoms with E-state index < -0.39 is 12.8 Å². The van der Waals surface area contributed by atoms with E-state index in [0.29, 0.717) is 25.4 Å². The molecule has 9 nitrogen and oxygen atoms in total. The van der Waals surface area contributed by atoms with E-state index in [9.17, 15) is 22.8 Å². The zero-order valence-corrected chi connectivity index (χ0v) is 21.1. The number of rotatable bonds is 9. The summed E-state index contributed by atoms with van der Waals surface area (Å²) in [6, 6.07) is 5.71. The van der Waals surface area contributed by atoms with Crippen molar-refractivity contribution in [3.05, 3.63) is 41.6 Å². The number of methoxy groups -OCH3 is 1. The number of nitrogens with one attached hydrogen (secondary N) is 1. The van der Waals surface area contributed by atoms with E-state index in [4.69, 9.17) is 9.47 Å². The van der Waals surface area contributed by atoms with Crippen molar-refractivity contribution in [3.63, 3.8) is 0 Å². The highest BCUT2D eigenvalue weighted by molar-refractivity contribution is 6.01. The lowest BCUT2D eigenvalue weighted by atomic mass is 10.1. The molecule has 0 aromatic carbocycles. The molecule has 1 aliphatic heterocycles. The van der Waals surface area contributed by atoms with Gasteiger partial charge in [0.2, 0.25) is 11.8 Å². The average Bonchev–Trinajstić information content (AvgIpc) is 3.63. The molecule has 3 unspecified atom stereocenters. The first-order chi connectivity index (χ1) is 17.5. The molecule has 1 fully saturated rings. The Labute approximate surface area is 213 Å². The minimum Gasteiger partial charge on any atom is -0.468 e. The number of fused-ring (bicyclic) bond motifs is 2. The summed E-state index contributed by atoms with van der Waals surface area (Å²) in [4.78, 5) is 38.2. The number of pyridine rings is 2. The molecule has 37 heavy (non-hydrogen) atoms. The lowest BCUT2D eigenvalue weighted by molar-refractivity contribution is -0.154. The lowest BCUT2D eigenvalue weighted by Crippen LogP contribution is -2.37. The summed E-state index contributed by atoms with van der Waals surface area (Å²) in [5.41, 5.74) is 1.06. The molecular formula is C25H30F3N5O4. The third-order valence-electron chi connectivity index (χ3n) is 6.45. The fourth-order valence-electron chi connectivity index (χ4n) is 4.43. The number of hydrogen-bond donors (Lipinski definition) is 1. The van der Waals surface area contributed by atoms with Crippen LogP contribution in [0.3, 0.4) is 0 Å². The first-order valence-electron chi connectivity index (χ1n) is 12.1. The van der Waals surface area contributed by atoms with Crippen LogP contribution in [0.15, 0.2) is 30.5 Å². The van der Waals surface area contributed by atoms with E-state index in [1.165, 1.54) is 12.1 Å². The van der Waals surface area contributed by atoms with Gasteiger partial charge < -0.3 is 24.6 Å². The second-order valence-corrected chi connectivity index (χ2v) is 9.49. The predicted octanol–water partition coefficient (Wildman–Crippen LogP) is 3.82. The summed E-state index contributed by atoms with van der Waals surface area (Å²) in [5.74, 6) is -0.187. The van der Waals surface area contributed by atoms with Crippen molar-refractivity contribution in [1.82, 2.24) is 14.9 Å². The van der Waals surface area contributed by atoms with Gasteiger partial charge in [0.05, 0.1) is 30.3 Å². The number of anilines is 2. The summed E-state index contributed by atoms with van der Waals surface area (Å²) >= 11 is 0. The summed E-state index contributed by atoms with van der Waals surface area (Å²) in [6.07, 6.45) is -2.25. The van der Waals surface area contributed by atoms with E-state index in [1.807, 2.05) is 11.8 Å². The Morgan fingerprint density at radius 1 is 1.22 bits per heavy atom. The number of carbonyl (C=O) groups is 2. The van der Waals surface area contributed by atoms with Gasteiger partial charge in [-0.15, -0.1) is 0 Å². The van der Waals surface area contributed by atoms with Gasteiger partial charge in [0.15, 0.2) is 6.61 Å². The monoisotopic (exact) mass is 521 g/mol.